The number of nitrogens with two attached hydrogens (primary N) is 1. The Bertz CT molecular complexity index is 334. The van der Waals surface area contributed by atoms with E-state index in [9.17, 15) is 9.59 Å². The minimum absolute atomic E-state index is 0.0459. The van der Waals surface area contributed by atoms with E-state index in [2.05, 4.69) is 10.6 Å². The van der Waals surface area contributed by atoms with Crippen LogP contribution in [-0.4, -0.2) is 47.5 Å². The van der Waals surface area contributed by atoms with E-state index in [0.29, 0.717) is 4.99 Å². The summed E-state index contributed by atoms with van der Waals surface area (Å²) in [6, 6.07) is -0.968. The first-order chi connectivity index (χ1) is 7.97. The largest absolute Gasteiger partial charge is 0.392 e. The van der Waals surface area contributed by atoms with E-state index in [4.69, 9.17) is 18.0 Å². The second-order valence-electron chi connectivity index (χ2n) is 4.04. The van der Waals surface area contributed by atoms with Gasteiger partial charge in [0, 0.05) is 7.05 Å². The Morgan fingerprint density at radius 1 is 1.53 bits per heavy atom. The summed E-state index contributed by atoms with van der Waals surface area (Å²) in [5.41, 5.74) is 5.63. The smallest absolute Gasteiger partial charge is 0.321 e. The van der Waals surface area contributed by atoms with Crippen LogP contribution in [0.15, 0.2) is 0 Å². The molecule has 0 aromatic carbocycles. The third-order valence-corrected chi connectivity index (χ3v) is 3.24. The summed E-state index contributed by atoms with van der Waals surface area (Å²) in [4.78, 5) is 25.2. The van der Waals surface area contributed by atoms with E-state index in [1.165, 1.54) is 7.05 Å². The van der Waals surface area contributed by atoms with Crippen molar-refractivity contribution in [2.75, 3.05) is 13.6 Å². The maximum absolute atomic E-state index is 11.8. The summed E-state index contributed by atoms with van der Waals surface area (Å²) >= 11 is 4.97. The quantitative estimate of drug-likeness (QED) is 0.599. The van der Waals surface area contributed by atoms with Crippen molar-refractivity contribution in [3.8, 4) is 0 Å². The lowest BCUT2D eigenvalue weighted by molar-refractivity contribution is -0.124. The Hall–Kier alpha value is -1.21. The number of hydrogen-bond donors (Lipinski definition) is 3. The Labute approximate surface area is 106 Å². The van der Waals surface area contributed by atoms with E-state index in [1.807, 2.05) is 4.90 Å². The summed E-state index contributed by atoms with van der Waals surface area (Å²) < 4.78 is 0. The third-order valence-electron chi connectivity index (χ3n) is 2.96. The van der Waals surface area contributed by atoms with Gasteiger partial charge >= 0.3 is 6.03 Å². The van der Waals surface area contributed by atoms with Gasteiger partial charge in [0.05, 0.1) is 17.1 Å². The molecular formula is C10H18N4O2S. The summed E-state index contributed by atoms with van der Waals surface area (Å²) in [6.07, 6.45) is 1.83. The Morgan fingerprint density at radius 3 is 2.71 bits per heavy atom. The van der Waals surface area contributed by atoms with Crippen molar-refractivity contribution >= 4 is 29.1 Å². The maximum Gasteiger partial charge on any atom is 0.321 e. The van der Waals surface area contributed by atoms with Crippen LogP contribution in [0.2, 0.25) is 0 Å². The van der Waals surface area contributed by atoms with E-state index in [1.54, 1.807) is 6.92 Å². The summed E-state index contributed by atoms with van der Waals surface area (Å²) in [5, 5.41) is 4.59. The first kappa shape index (κ1) is 13.9. The van der Waals surface area contributed by atoms with Gasteiger partial charge in [0.1, 0.15) is 0 Å². The molecule has 0 bridgehead atoms. The van der Waals surface area contributed by atoms with Crippen molar-refractivity contribution < 1.29 is 9.59 Å². The van der Waals surface area contributed by atoms with Crippen molar-refractivity contribution in [2.45, 2.75) is 31.8 Å². The molecule has 1 aliphatic rings. The molecule has 4 N–H and O–H groups in total. The fourth-order valence-electron chi connectivity index (χ4n) is 1.99. The monoisotopic (exact) mass is 258 g/mol. The molecule has 1 fully saturated rings. The fraction of sp³-hybridized carbons (Fsp3) is 0.700. The highest BCUT2D eigenvalue weighted by Crippen LogP contribution is 2.20. The van der Waals surface area contributed by atoms with Crippen LogP contribution in [0.4, 0.5) is 4.79 Å². The standard InChI is InChI=1S/C10H18N4O2S/c1-6(9(15)13-10(16)12-2)14-5-3-4-7(14)8(11)17/h6-7H,3-5H2,1-2H3,(H2,11,17)(H2,12,13,15,16). The lowest BCUT2D eigenvalue weighted by atomic mass is 10.2. The molecule has 17 heavy (non-hydrogen) atoms. The van der Waals surface area contributed by atoms with Gasteiger partial charge < -0.3 is 11.1 Å². The summed E-state index contributed by atoms with van der Waals surface area (Å²) in [6.45, 7) is 2.51. The van der Waals surface area contributed by atoms with Crippen molar-refractivity contribution in [1.29, 1.82) is 0 Å². The first-order valence-corrected chi connectivity index (χ1v) is 5.95. The number of imide groups is 1. The molecule has 96 valence electrons. The molecule has 6 nitrogen and oxygen atoms in total. The van der Waals surface area contributed by atoms with Crippen LogP contribution in [0.1, 0.15) is 19.8 Å². The van der Waals surface area contributed by atoms with Crippen molar-refractivity contribution in [3.63, 3.8) is 0 Å². The molecule has 0 spiro atoms. The minimum atomic E-state index is -0.507. The molecule has 0 radical (unpaired) electrons. The van der Waals surface area contributed by atoms with Gasteiger partial charge in [-0.1, -0.05) is 12.2 Å². The van der Waals surface area contributed by atoms with Gasteiger partial charge in [-0.3, -0.25) is 15.0 Å². The van der Waals surface area contributed by atoms with Gasteiger partial charge in [-0.2, -0.15) is 0 Å². The average molecular weight is 258 g/mol. The molecule has 7 heteroatoms. The zero-order valence-corrected chi connectivity index (χ0v) is 10.8. The van der Waals surface area contributed by atoms with E-state index >= 15 is 0 Å². The number of nitrogens with one attached hydrogen (secondary N) is 2. The van der Waals surface area contributed by atoms with Crippen LogP contribution in [0.3, 0.4) is 0 Å². The molecule has 0 saturated carbocycles. The number of likely N-dealkylation sites (tertiary alicyclic amines) is 1. The van der Waals surface area contributed by atoms with Gasteiger partial charge in [-0.05, 0) is 26.3 Å². The molecular weight excluding hydrogens is 240 g/mol. The normalized spacial score (nSPS) is 21.9. The molecule has 0 aromatic heterocycles. The van der Waals surface area contributed by atoms with E-state index < -0.39 is 12.1 Å². The minimum Gasteiger partial charge on any atom is -0.392 e. The van der Waals surface area contributed by atoms with Crippen LogP contribution in [0.5, 0.6) is 0 Å². The predicted molar refractivity (Wildman–Crippen MR) is 68.6 cm³/mol. The zero-order chi connectivity index (χ0) is 13.0. The van der Waals surface area contributed by atoms with Crippen molar-refractivity contribution in [1.82, 2.24) is 15.5 Å². The maximum atomic E-state index is 11.8. The van der Waals surface area contributed by atoms with Gasteiger partial charge in [0.2, 0.25) is 5.91 Å². The molecule has 2 unspecified atom stereocenters. The highest BCUT2D eigenvalue weighted by molar-refractivity contribution is 7.80. The number of urea groups is 1. The van der Waals surface area contributed by atoms with Gasteiger partial charge in [0.15, 0.2) is 0 Å². The van der Waals surface area contributed by atoms with E-state index in [-0.39, 0.29) is 11.9 Å². The molecule has 0 aromatic rings. The number of rotatable bonds is 3. The zero-order valence-electron chi connectivity index (χ0n) is 10.0. The summed E-state index contributed by atoms with van der Waals surface area (Å²) in [7, 11) is 1.46. The summed E-state index contributed by atoms with van der Waals surface area (Å²) in [5.74, 6) is -0.340. The Balaban J connectivity index is 2.62. The lowest BCUT2D eigenvalue weighted by Crippen LogP contribution is -2.52. The third kappa shape index (κ3) is 3.37. The number of amides is 3. The molecule has 2 atom stereocenters. The molecule has 1 saturated heterocycles. The topological polar surface area (TPSA) is 87.5 Å². The molecule has 1 heterocycles. The second kappa shape index (κ2) is 5.92. The second-order valence-corrected chi connectivity index (χ2v) is 4.51. The van der Waals surface area contributed by atoms with Crippen molar-refractivity contribution in [3.05, 3.63) is 0 Å². The van der Waals surface area contributed by atoms with Crippen LogP contribution in [0.25, 0.3) is 0 Å². The van der Waals surface area contributed by atoms with Crippen LogP contribution < -0.4 is 16.4 Å². The van der Waals surface area contributed by atoms with Gasteiger partial charge in [0.25, 0.3) is 0 Å². The highest BCUT2D eigenvalue weighted by atomic mass is 32.1. The van der Waals surface area contributed by atoms with Crippen LogP contribution in [0, 0.1) is 0 Å². The molecule has 0 aliphatic carbocycles. The number of nitrogens with zero attached hydrogens (tertiary/aromatic N) is 1. The van der Waals surface area contributed by atoms with Gasteiger partial charge in [-0.15, -0.1) is 0 Å². The Morgan fingerprint density at radius 2 is 2.18 bits per heavy atom. The van der Waals surface area contributed by atoms with Gasteiger partial charge in [-0.25, -0.2) is 4.79 Å². The Kier molecular flexibility index (Phi) is 4.83. The van der Waals surface area contributed by atoms with Crippen LogP contribution in [-0.2, 0) is 4.79 Å². The number of carbonyl (C=O) groups excluding carboxylic acids is 2. The van der Waals surface area contributed by atoms with E-state index in [0.717, 1.165) is 19.4 Å². The molecule has 3 amide bonds. The fourth-order valence-corrected chi connectivity index (χ4v) is 2.24. The number of thiocarbonyl (C=S) groups is 1. The number of carbonyl (C=O) groups is 2. The highest BCUT2D eigenvalue weighted by Gasteiger charge is 2.33. The lowest BCUT2D eigenvalue weighted by Gasteiger charge is -2.28. The van der Waals surface area contributed by atoms with Crippen molar-refractivity contribution in [2.24, 2.45) is 5.73 Å². The number of hydrogen-bond acceptors (Lipinski definition) is 4. The molecule has 1 aliphatic heterocycles. The molecule has 1 rings (SSSR count). The SMILES string of the molecule is CNC(=O)NC(=O)C(C)N1CCCC1C(N)=S. The average Bonchev–Trinajstić information content (AvgIpc) is 2.76. The first-order valence-electron chi connectivity index (χ1n) is 5.55. The van der Waals surface area contributed by atoms with Crippen LogP contribution >= 0.6 is 12.2 Å². The predicted octanol–water partition coefficient (Wildman–Crippen LogP) is -0.419.